The molecule has 0 aromatic rings. The van der Waals surface area contributed by atoms with Gasteiger partial charge in [0.15, 0.2) is 0 Å². The second-order valence-corrected chi connectivity index (χ2v) is 5.89. The molecule has 0 bridgehead atoms. The highest BCUT2D eigenvalue weighted by atomic mass is 16.4. The van der Waals surface area contributed by atoms with E-state index >= 15 is 0 Å². The van der Waals surface area contributed by atoms with Gasteiger partial charge in [0.1, 0.15) is 0 Å². The minimum Gasteiger partial charge on any atom is -0.481 e. The molecule has 19 heavy (non-hydrogen) atoms. The Bertz CT molecular complexity index is 299. The molecule has 1 aliphatic rings. The first kappa shape index (κ1) is 16.0. The first-order chi connectivity index (χ1) is 8.97. The van der Waals surface area contributed by atoms with Crippen LogP contribution in [0.1, 0.15) is 46.0 Å². The predicted octanol–water partition coefficient (Wildman–Crippen LogP) is 1.38. The van der Waals surface area contributed by atoms with Gasteiger partial charge in [-0.3, -0.25) is 9.59 Å². The van der Waals surface area contributed by atoms with Crippen LogP contribution in [0.2, 0.25) is 0 Å². The van der Waals surface area contributed by atoms with E-state index < -0.39 is 5.97 Å². The molecule has 0 aromatic heterocycles. The van der Waals surface area contributed by atoms with Crippen molar-refractivity contribution in [3.8, 4) is 0 Å². The van der Waals surface area contributed by atoms with Gasteiger partial charge in [-0.05, 0) is 37.6 Å². The van der Waals surface area contributed by atoms with E-state index in [4.69, 9.17) is 5.11 Å². The van der Waals surface area contributed by atoms with Crippen LogP contribution < -0.4 is 10.6 Å². The summed E-state index contributed by atoms with van der Waals surface area (Å²) in [6, 6.07) is 0.294. The highest BCUT2D eigenvalue weighted by Crippen LogP contribution is 2.15. The highest BCUT2D eigenvalue weighted by molar-refractivity contribution is 5.76. The van der Waals surface area contributed by atoms with Crippen molar-refractivity contribution in [3.63, 3.8) is 0 Å². The third-order valence-corrected chi connectivity index (χ3v) is 3.45. The average Bonchev–Trinajstić information content (AvgIpc) is 2.77. The zero-order valence-electron chi connectivity index (χ0n) is 11.9. The summed E-state index contributed by atoms with van der Waals surface area (Å²) in [5, 5.41) is 15.0. The van der Waals surface area contributed by atoms with Gasteiger partial charge in [0.2, 0.25) is 5.91 Å². The number of carboxylic acid groups (broad SMARTS) is 1. The normalized spacial score (nSPS) is 20.5. The Kier molecular flexibility index (Phi) is 6.84. The van der Waals surface area contributed by atoms with Crippen LogP contribution in [0.3, 0.4) is 0 Å². The summed E-state index contributed by atoms with van der Waals surface area (Å²) < 4.78 is 0. The molecule has 0 spiro atoms. The molecule has 1 saturated heterocycles. The molecule has 2 atom stereocenters. The molecule has 1 heterocycles. The molecule has 0 unspecified atom stereocenters. The van der Waals surface area contributed by atoms with Crippen LogP contribution in [0.25, 0.3) is 0 Å². The molecule has 5 heteroatoms. The van der Waals surface area contributed by atoms with Crippen LogP contribution in [0.4, 0.5) is 0 Å². The van der Waals surface area contributed by atoms with Crippen LogP contribution in [0.5, 0.6) is 0 Å². The largest absolute Gasteiger partial charge is 0.481 e. The van der Waals surface area contributed by atoms with Gasteiger partial charge in [0, 0.05) is 25.4 Å². The van der Waals surface area contributed by atoms with E-state index in [1.54, 1.807) is 0 Å². The summed E-state index contributed by atoms with van der Waals surface area (Å²) >= 11 is 0. The van der Waals surface area contributed by atoms with Gasteiger partial charge in [0.25, 0.3) is 0 Å². The SMILES string of the molecule is CC(C)C[C@H](CNC(=O)C[C@@H]1CCCN1)CC(=O)O. The molecule has 0 aromatic carbocycles. The zero-order chi connectivity index (χ0) is 14.3. The third-order valence-electron chi connectivity index (χ3n) is 3.45. The van der Waals surface area contributed by atoms with E-state index in [0.29, 0.717) is 24.9 Å². The van der Waals surface area contributed by atoms with E-state index in [1.807, 2.05) is 0 Å². The van der Waals surface area contributed by atoms with Gasteiger partial charge >= 0.3 is 5.97 Å². The summed E-state index contributed by atoms with van der Waals surface area (Å²) in [6.07, 6.45) is 3.64. The Morgan fingerprint density at radius 2 is 2.16 bits per heavy atom. The second kappa shape index (κ2) is 8.15. The fraction of sp³-hybridized carbons (Fsp3) is 0.857. The van der Waals surface area contributed by atoms with Crippen LogP contribution in [-0.4, -0.2) is 36.1 Å². The Hall–Kier alpha value is -1.10. The summed E-state index contributed by atoms with van der Waals surface area (Å²) in [5.41, 5.74) is 0. The number of amides is 1. The van der Waals surface area contributed by atoms with Gasteiger partial charge in [-0.2, -0.15) is 0 Å². The van der Waals surface area contributed by atoms with Gasteiger partial charge < -0.3 is 15.7 Å². The Morgan fingerprint density at radius 3 is 2.68 bits per heavy atom. The molecule has 1 aliphatic heterocycles. The monoisotopic (exact) mass is 270 g/mol. The van der Waals surface area contributed by atoms with Gasteiger partial charge in [-0.1, -0.05) is 13.8 Å². The number of carbonyl (C=O) groups excluding carboxylic acids is 1. The predicted molar refractivity (Wildman–Crippen MR) is 73.8 cm³/mol. The van der Waals surface area contributed by atoms with E-state index in [-0.39, 0.29) is 18.2 Å². The van der Waals surface area contributed by atoms with E-state index in [9.17, 15) is 9.59 Å². The van der Waals surface area contributed by atoms with Crippen molar-refractivity contribution < 1.29 is 14.7 Å². The number of hydrogen-bond donors (Lipinski definition) is 3. The van der Waals surface area contributed by atoms with Crippen molar-refractivity contribution in [1.82, 2.24) is 10.6 Å². The topological polar surface area (TPSA) is 78.4 Å². The molecule has 0 saturated carbocycles. The lowest BCUT2D eigenvalue weighted by Gasteiger charge is -2.18. The number of carbonyl (C=O) groups is 2. The molecule has 1 rings (SSSR count). The smallest absolute Gasteiger partial charge is 0.303 e. The molecule has 110 valence electrons. The number of carboxylic acids is 1. The number of aliphatic carboxylic acids is 1. The van der Waals surface area contributed by atoms with Crippen LogP contribution in [0, 0.1) is 11.8 Å². The van der Waals surface area contributed by atoms with Crippen molar-refractivity contribution in [2.75, 3.05) is 13.1 Å². The average molecular weight is 270 g/mol. The molecule has 1 fully saturated rings. The van der Waals surface area contributed by atoms with Gasteiger partial charge in [0.05, 0.1) is 0 Å². The minimum absolute atomic E-state index is 0.0259. The first-order valence-electron chi connectivity index (χ1n) is 7.19. The number of nitrogens with one attached hydrogen (secondary N) is 2. The molecule has 0 radical (unpaired) electrons. The fourth-order valence-corrected chi connectivity index (χ4v) is 2.64. The van der Waals surface area contributed by atoms with E-state index in [2.05, 4.69) is 24.5 Å². The van der Waals surface area contributed by atoms with Crippen molar-refractivity contribution >= 4 is 11.9 Å². The maximum atomic E-state index is 11.8. The second-order valence-electron chi connectivity index (χ2n) is 5.89. The Morgan fingerprint density at radius 1 is 1.42 bits per heavy atom. The lowest BCUT2D eigenvalue weighted by molar-refractivity contribution is -0.138. The number of hydrogen-bond acceptors (Lipinski definition) is 3. The third kappa shape index (κ3) is 7.15. The fourth-order valence-electron chi connectivity index (χ4n) is 2.64. The Labute approximate surface area is 115 Å². The standard InChI is InChI=1S/C14H26N2O3/c1-10(2)6-11(7-14(18)19)9-16-13(17)8-12-4-3-5-15-12/h10-12,15H,3-9H2,1-2H3,(H,16,17)(H,18,19)/t11-,12-/m0/s1. The van der Waals surface area contributed by atoms with Gasteiger partial charge in [-0.25, -0.2) is 0 Å². The summed E-state index contributed by atoms with van der Waals surface area (Å²) in [5.74, 6) is -0.299. The maximum absolute atomic E-state index is 11.8. The molecule has 0 aliphatic carbocycles. The van der Waals surface area contributed by atoms with Crippen LogP contribution in [-0.2, 0) is 9.59 Å². The van der Waals surface area contributed by atoms with Crippen molar-refractivity contribution in [3.05, 3.63) is 0 Å². The lowest BCUT2D eigenvalue weighted by atomic mass is 9.94. The van der Waals surface area contributed by atoms with Crippen molar-refractivity contribution in [1.29, 1.82) is 0 Å². The summed E-state index contributed by atoms with van der Waals surface area (Å²) in [6.45, 7) is 5.60. The van der Waals surface area contributed by atoms with Crippen LogP contribution in [0.15, 0.2) is 0 Å². The molecular formula is C14H26N2O3. The highest BCUT2D eigenvalue weighted by Gasteiger charge is 2.19. The van der Waals surface area contributed by atoms with Gasteiger partial charge in [-0.15, -0.1) is 0 Å². The van der Waals surface area contributed by atoms with Crippen molar-refractivity contribution in [2.45, 2.75) is 52.0 Å². The van der Waals surface area contributed by atoms with E-state index in [0.717, 1.165) is 25.8 Å². The summed E-state index contributed by atoms with van der Waals surface area (Å²) in [7, 11) is 0. The molecule has 5 nitrogen and oxygen atoms in total. The minimum atomic E-state index is -0.794. The number of rotatable bonds is 8. The molecular weight excluding hydrogens is 244 g/mol. The molecule has 3 N–H and O–H groups in total. The van der Waals surface area contributed by atoms with Crippen molar-refractivity contribution in [2.24, 2.45) is 11.8 Å². The first-order valence-corrected chi connectivity index (χ1v) is 7.19. The molecule has 1 amide bonds. The lowest BCUT2D eigenvalue weighted by Crippen LogP contribution is -2.35. The zero-order valence-corrected chi connectivity index (χ0v) is 11.9. The van der Waals surface area contributed by atoms with E-state index in [1.165, 1.54) is 0 Å². The Balaban J connectivity index is 2.28. The maximum Gasteiger partial charge on any atom is 0.303 e. The quantitative estimate of drug-likeness (QED) is 0.622. The summed E-state index contributed by atoms with van der Waals surface area (Å²) in [4.78, 5) is 22.6. The van der Waals surface area contributed by atoms with Crippen LogP contribution >= 0.6 is 0 Å².